The molecule has 0 amide bonds. The Morgan fingerprint density at radius 2 is 1.77 bits per heavy atom. The van der Waals surface area contributed by atoms with Crippen LogP contribution in [0.4, 0.5) is 14.5 Å². The number of rotatable bonds is 1. The molecule has 1 aliphatic rings. The van der Waals surface area contributed by atoms with Crippen LogP contribution >= 0.6 is 27.5 Å². The van der Waals surface area contributed by atoms with E-state index in [1.54, 1.807) is 25.3 Å². The summed E-state index contributed by atoms with van der Waals surface area (Å²) in [5, 5.41) is 0.324. The predicted molar refractivity (Wildman–Crippen MR) is 88.8 cm³/mol. The van der Waals surface area contributed by atoms with Gasteiger partial charge in [0.05, 0.1) is 28.0 Å². The topological polar surface area (TPSA) is 24.7 Å². The molecule has 2 nitrogen and oxygen atoms in total. The number of hydrogen-bond donors (Lipinski definition) is 0. The van der Waals surface area contributed by atoms with Gasteiger partial charge in [-0.15, -0.1) is 0 Å². The first-order valence-electron chi connectivity index (χ1n) is 6.53. The maximum atomic E-state index is 14.2. The molecule has 0 aromatic heterocycles. The number of aliphatic imine (C=N–C) groups is 2. The number of fused-ring (bicyclic) bond motifs is 1. The highest BCUT2D eigenvalue weighted by Crippen LogP contribution is 2.37. The smallest absolute Gasteiger partial charge is 0.135 e. The summed E-state index contributed by atoms with van der Waals surface area (Å²) in [7, 11) is 0. The van der Waals surface area contributed by atoms with Gasteiger partial charge in [0.1, 0.15) is 11.6 Å². The van der Waals surface area contributed by atoms with Crippen LogP contribution in [-0.4, -0.2) is 18.0 Å². The summed E-state index contributed by atoms with van der Waals surface area (Å²) >= 11 is 9.66. The first kappa shape index (κ1) is 15.3. The van der Waals surface area contributed by atoms with Crippen molar-refractivity contribution in [1.82, 2.24) is 0 Å². The lowest BCUT2D eigenvalue weighted by Gasteiger charge is -2.13. The molecule has 0 bridgehead atoms. The molecule has 0 fully saturated rings. The zero-order valence-corrected chi connectivity index (χ0v) is 13.8. The Kier molecular flexibility index (Phi) is 4.10. The minimum atomic E-state index is -0.685. The van der Waals surface area contributed by atoms with Gasteiger partial charge in [0, 0.05) is 16.3 Å². The van der Waals surface area contributed by atoms with E-state index in [1.807, 2.05) is 0 Å². The van der Waals surface area contributed by atoms with Crippen molar-refractivity contribution in [3.05, 3.63) is 62.6 Å². The van der Waals surface area contributed by atoms with E-state index in [9.17, 15) is 8.78 Å². The molecule has 0 radical (unpaired) electrons. The van der Waals surface area contributed by atoms with Crippen molar-refractivity contribution >= 4 is 45.1 Å². The Labute approximate surface area is 139 Å². The van der Waals surface area contributed by atoms with Gasteiger partial charge in [-0.25, -0.2) is 8.78 Å². The van der Waals surface area contributed by atoms with E-state index in [-0.39, 0.29) is 17.3 Å². The molecule has 22 heavy (non-hydrogen) atoms. The van der Waals surface area contributed by atoms with Gasteiger partial charge >= 0.3 is 0 Å². The molecule has 3 rings (SSSR count). The number of hydrogen-bond acceptors (Lipinski definition) is 2. The summed E-state index contributed by atoms with van der Waals surface area (Å²) in [6.07, 6.45) is 1.62. The van der Waals surface area contributed by atoms with Crippen molar-refractivity contribution in [2.75, 3.05) is 0 Å². The van der Waals surface area contributed by atoms with Crippen LogP contribution in [-0.2, 0) is 0 Å². The van der Waals surface area contributed by atoms with Gasteiger partial charge in [-0.2, -0.15) is 0 Å². The van der Waals surface area contributed by atoms with Crippen molar-refractivity contribution in [2.24, 2.45) is 9.98 Å². The summed E-state index contributed by atoms with van der Waals surface area (Å²) in [5.41, 5.74) is 0.919. The zero-order valence-electron chi connectivity index (χ0n) is 11.4. The van der Waals surface area contributed by atoms with Crippen LogP contribution < -0.4 is 0 Å². The summed E-state index contributed by atoms with van der Waals surface area (Å²) in [5.74, 6) is -1.37. The van der Waals surface area contributed by atoms with Crippen LogP contribution in [0, 0.1) is 11.6 Å². The van der Waals surface area contributed by atoms with E-state index in [0.717, 1.165) is 0 Å². The number of nitrogens with zero attached hydrogens (tertiary/aromatic N) is 2. The molecule has 2 aromatic carbocycles. The molecule has 0 saturated carbocycles. The minimum Gasteiger partial charge on any atom is -0.275 e. The van der Waals surface area contributed by atoms with E-state index < -0.39 is 11.6 Å². The Morgan fingerprint density at radius 1 is 1.09 bits per heavy atom. The van der Waals surface area contributed by atoms with Gasteiger partial charge in [-0.3, -0.25) is 9.98 Å². The fourth-order valence-corrected chi connectivity index (χ4v) is 2.86. The lowest BCUT2D eigenvalue weighted by Crippen LogP contribution is -2.12. The van der Waals surface area contributed by atoms with E-state index >= 15 is 0 Å². The van der Waals surface area contributed by atoms with E-state index in [4.69, 9.17) is 11.6 Å². The van der Waals surface area contributed by atoms with Gasteiger partial charge in [0.25, 0.3) is 0 Å². The van der Waals surface area contributed by atoms with Gasteiger partial charge in [0.2, 0.25) is 0 Å². The van der Waals surface area contributed by atoms with Crippen molar-refractivity contribution in [3.8, 4) is 0 Å². The third-order valence-electron chi connectivity index (χ3n) is 3.27. The van der Waals surface area contributed by atoms with E-state index in [2.05, 4.69) is 25.9 Å². The monoisotopic (exact) mass is 382 g/mol. The molecular weight excluding hydrogens is 374 g/mol. The van der Waals surface area contributed by atoms with E-state index in [1.165, 1.54) is 18.2 Å². The largest absolute Gasteiger partial charge is 0.275 e. The molecule has 0 spiro atoms. The molecule has 1 aliphatic heterocycles. The number of halogens is 4. The van der Waals surface area contributed by atoms with Gasteiger partial charge in [0.15, 0.2) is 0 Å². The quantitative estimate of drug-likeness (QED) is 0.636. The van der Waals surface area contributed by atoms with Crippen molar-refractivity contribution in [3.63, 3.8) is 0 Å². The second kappa shape index (κ2) is 5.89. The molecule has 0 saturated heterocycles. The summed E-state index contributed by atoms with van der Waals surface area (Å²) in [6, 6.07) is 6.86. The molecule has 1 heterocycles. The van der Waals surface area contributed by atoms with Gasteiger partial charge in [-0.05, 0) is 47.1 Å². The molecular formula is C16H10BrClF2N2. The standard InChI is InChI=1S/C16H10BrClF2N2/c1-8-7-21-12-6-5-9(17)15(18)14(12)16(22-8)13-10(19)3-2-4-11(13)20/h2-8H,1H3/t8-/m0/s1. The van der Waals surface area contributed by atoms with Crippen LogP contribution in [0.25, 0.3) is 0 Å². The molecule has 0 aliphatic carbocycles. The average Bonchev–Trinajstić information content (AvgIpc) is 2.63. The predicted octanol–water partition coefficient (Wildman–Crippen LogP) is 5.32. The Balaban J connectivity index is 2.36. The highest BCUT2D eigenvalue weighted by atomic mass is 79.9. The average molecular weight is 384 g/mol. The van der Waals surface area contributed by atoms with Crippen LogP contribution in [0.2, 0.25) is 5.02 Å². The maximum absolute atomic E-state index is 14.2. The molecule has 2 aromatic rings. The first-order valence-corrected chi connectivity index (χ1v) is 7.71. The Morgan fingerprint density at radius 3 is 2.45 bits per heavy atom. The Hall–Kier alpha value is -1.59. The van der Waals surface area contributed by atoms with Crippen molar-refractivity contribution in [1.29, 1.82) is 0 Å². The number of benzene rings is 2. The SMILES string of the molecule is C[C@H]1C=Nc2ccc(Br)c(Cl)c2C(c2c(F)cccc2F)=N1. The minimum absolute atomic E-state index is 0.168. The zero-order chi connectivity index (χ0) is 15.9. The third kappa shape index (κ3) is 2.59. The van der Waals surface area contributed by atoms with Crippen LogP contribution in [0.1, 0.15) is 18.1 Å². The van der Waals surface area contributed by atoms with Crippen LogP contribution in [0.5, 0.6) is 0 Å². The van der Waals surface area contributed by atoms with Crippen LogP contribution in [0.3, 0.4) is 0 Å². The summed E-state index contributed by atoms with van der Waals surface area (Å²) < 4.78 is 29.0. The second-order valence-corrected chi connectivity index (χ2v) is 6.08. The van der Waals surface area contributed by atoms with E-state index in [0.29, 0.717) is 20.7 Å². The van der Waals surface area contributed by atoms with Gasteiger partial charge < -0.3 is 0 Å². The molecule has 112 valence electrons. The normalized spacial score (nSPS) is 17.0. The highest BCUT2D eigenvalue weighted by molar-refractivity contribution is 9.10. The maximum Gasteiger partial charge on any atom is 0.135 e. The van der Waals surface area contributed by atoms with Crippen molar-refractivity contribution in [2.45, 2.75) is 13.0 Å². The highest BCUT2D eigenvalue weighted by Gasteiger charge is 2.25. The molecule has 1 atom stereocenters. The molecule has 6 heteroatoms. The van der Waals surface area contributed by atoms with Gasteiger partial charge in [-0.1, -0.05) is 17.7 Å². The molecule has 0 unspecified atom stereocenters. The fourth-order valence-electron chi connectivity index (χ4n) is 2.28. The van der Waals surface area contributed by atoms with Crippen molar-refractivity contribution < 1.29 is 8.78 Å². The third-order valence-corrected chi connectivity index (χ3v) is 4.55. The lowest BCUT2D eigenvalue weighted by molar-refractivity contribution is 0.579. The summed E-state index contributed by atoms with van der Waals surface area (Å²) in [4.78, 5) is 8.71. The Bertz CT molecular complexity index is 798. The second-order valence-electron chi connectivity index (χ2n) is 4.85. The summed E-state index contributed by atoms with van der Waals surface area (Å²) in [6.45, 7) is 1.79. The first-order chi connectivity index (χ1) is 10.5. The lowest BCUT2D eigenvalue weighted by atomic mass is 9.99. The fraction of sp³-hybridized carbons (Fsp3) is 0.125. The molecule has 0 N–H and O–H groups in total. The van der Waals surface area contributed by atoms with Crippen LogP contribution in [0.15, 0.2) is 44.8 Å².